The number of aromatic hydroxyl groups is 1. The van der Waals surface area contributed by atoms with Gasteiger partial charge in [0.15, 0.2) is 11.5 Å². The Morgan fingerprint density at radius 3 is 2.60 bits per heavy atom. The van der Waals surface area contributed by atoms with Crippen molar-refractivity contribution >= 4 is 11.8 Å². The largest absolute Gasteiger partial charge is 0.507 e. The highest BCUT2D eigenvalue weighted by molar-refractivity contribution is 5.97. The second kappa shape index (κ2) is 11.7. The van der Waals surface area contributed by atoms with Crippen LogP contribution in [0.25, 0.3) is 0 Å². The molecule has 4 aromatic rings. The van der Waals surface area contributed by atoms with Gasteiger partial charge in [0.1, 0.15) is 17.2 Å². The summed E-state index contributed by atoms with van der Waals surface area (Å²) < 4.78 is 17.9. The Morgan fingerprint density at radius 2 is 1.79 bits per heavy atom. The van der Waals surface area contributed by atoms with Crippen molar-refractivity contribution in [1.29, 1.82) is 0 Å². The van der Waals surface area contributed by atoms with Gasteiger partial charge in [0, 0.05) is 18.7 Å². The lowest BCUT2D eigenvalue weighted by atomic mass is 9.87. The van der Waals surface area contributed by atoms with E-state index in [9.17, 15) is 14.7 Å². The summed E-state index contributed by atoms with van der Waals surface area (Å²) in [4.78, 5) is 28.8. The second-order valence-electron chi connectivity index (χ2n) is 11.0. The summed E-state index contributed by atoms with van der Waals surface area (Å²) in [7, 11) is 1.59. The zero-order chi connectivity index (χ0) is 30.1. The summed E-state index contributed by atoms with van der Waals surface area (Å²) in [5, 5.41) is 13.2. The van der Waals surface area contributed by atoms with Crippen LogP contribution in [0.3, 0.4) is 0 Å². The van der Waals surface area contributed by atoms with E-state index in [1.807, 2.05) is 73.3 Å². The Labute approximate surface area is 250 Å². The van der Waals surface area contributed by atoms with Gasteiger partial charge < -0.3 is 29.5 Å². The van der Waals surface area contributed by atoms with E-state index in [0.717, 1.165) is 27.8 Å². The number of phenols is 1. The first-order valence-electron chi connectivity index (χ1n) is 14.4. The molecule has 220 valence electrons. The molecule has 1 unspecified atom stereocenters. The van der Waals surface area contributed by atoms with Gasteiger partial charge in [-0.2, -0.15) is 0 Å². The second-order valence-corrected chi connectivity index (χ2v) is 11.0. The van der Waals surface area contributed by atoms with Gasteiger partial charge in [-0.1, -0.05) is 18.2 Å². The molecule has 2 amide bonds. The molecule has 0 saturated heterocycles. The fraction of sp³-hybridized carbons (Fsp3) is 0.257. The van der Waals surface area contributed by atoms with E-state index < -0.39 is 5.91 Å². The zero-order valence-corrected chi connectivity index (χ0v) is 24.5. The monoisotopic (exact) mass is 578 g/mol. The third-order valence-electron chi connectivity index (χ3n) is 8.17. The van der Waals surface area contributed by atoms with E-state index in [1.54, 1.807) is 13.2 Å². The number of hydrogen-bond acceptors (Lipinski definition) is 6. The highest BCUT2D eigenvalue weighted by Crippen LogP contribution is 2.41. The summed E-state index contributed by atoms with van der Waals surface area (Å²) in [5.74, 6) is 1.62. The molecular formula is C35H34N2O6. The third kappa shape index (κ3) is 5.60. The molecule has 0 aliphatic carbocycles. The molecule has 43 heavy (non-hydrogen) atoms. The number of fused-ring (bicyclic) bond motifs is 6. The summed E-state index contributed by atoms with van der Waals surface area (Å²) >= 11 is 0. The lowest BCUT2D eigenvalue weighted by Crippen LogP contribution is -2.40. The SMILES string of the molecule is COc1ccc2cc1OCCCNC(=O)c1cc(ccc1O)Oc1ccc3c(c1)CCN(C(=O)c1ccc(C)c(C)c1)C23. The summed E-state index contributed by atoms with van der Waals surface area (Å²) in [6, 6.07) is 21.7. The minimum Gasteiger partial charge on any atom is -0.507 e. The predicted octanol–water partition coefficient (Wildman–Crippen LogP) is 6.11. The van der Waals surface area contributed by atoms with Crippen molar-refractivity contribution < 1.29 is 28.9 Å². The minimum atomic E-state index is -0.398. The Morgan fingerprint density at radius 1 is 0.977 bits per heavy atom. The van der Waals surface area contributed by atoms with Crippen molar-refractivity contribution in [2.75, 3.05) is 26.8 Å². The van der Waals surface area contributed by atoms with Crippen LogP contribution < -0.4 is 19.5 Å². The van der Waals surface area contributed by atoms with Crippen LogP contribution in [0.2, 0.25) is 0 Å². The molecule has 8 bridgehead atoms. The first-order valence-corrected chi connectivity index (χ1v) is 14.4. The molecule has 1 atom stereocenters. The predicted molar refractivity (Wildman–Crippen MR) is 163 cm³/mol. The highest BCUT2D eigenvalue weighted by atomic mass is 16.5. The molecule has 3 aliphatic heterocycles. The lowest BCUT2D eigenvalue weighted by molar-refractivity contribution is 0.0694. The van der Waals surface area contributed by atoms with Crippen molar-refractivity contribution in [2.45, 2.75) is 32.7 Å². The van der Waals surface area contributed by atoms with Crippen molar-refractivity contribution in [2.24, 2.45) is 0 Å². The number of aryl methyl sites for hydroxylation is 2. The molecule has 8 nitrogen and oxygen atoms in total. The fourth-order valence-corrected chi connectivity index (χ4v) is 5.71. The van der Waals surface area contributed by atoms with Gasteiger partial charge in [-0.05, 0) is 109 Å². The molecule has 3 heterocycles. The molecule has 0 fully saturated rings. The van der Waals surface area contributed by atoms with Crippen molar-refractivity contribution in [1.82, 2.24) is 10.2 Å². The van der Waals surface area contributed by atoms with Crippen LogP contribution in [0.4, 0.5) is 0 Å². The van der Waals surface area contributed by atoms with Gasteiger partial charge in [-0.25, -0.2) is 0 Å². The van der Waals surface area contributed by atoms with E-state index in [2.05, 4.69) is 5.32 Å². The Bertz CT molecular complexity index is 1720. The average molecular weight is 579 g/mol. The number of benzene rings is 4. The van der Waals surface area contributed by atoms with E-state index >= 15 is 0 Å². The Hall–Kier alpha value is -4.98. The summed E-state index contributed by atoms with van der Waals surface area (Å²) in [6.45, 7) is 5.24. The number of carbonyl (C=O) groups is 2. The number of carbonyl (C=O) groups excluding carboxylic acids is 2. The number of hydrogen-bond donors (Lipinski definition) is 2. The van der Waals surface area contributed by atoms with Crippen molar-refractivity contribution in [3.8, 4) is 28.7 Å². The molecule has 7 rings (SSSR count). The molecular weight excluding hydrogens is 544 g/mol. The molecule has 2 N–H and O–H groups in total. The Kier molecular flexibility index (Phi) is 7.67. The molecule has 0 saturated carbocycles. The van der Waals surface area contributed by atoms with E-state index in [-0.39, 0.29) is 23.3 Å². The molecule has 0 spiro atoms. The van der Waals surface area contributed by atoms with Gasteiger partial charge in [0.2, 0.25) is 0 Å². The maximum absolute atomic E-state index is 14.1. The number of ether oxygens (including phenoxy) is 3. The van der Waals surface area contributed by atoms with Gasteiger partial charge in [0.05, 0.1) is 25.3 Å². The molecule has 8 heteroatoms. The van der Waals surface area contributed by atoms with Crippen molar-refractivity contribution in [3.63, 3.8) is 0 Å². The van der Waals surface area contributed by atoms with Gasteiger partial charge >= 0.3 is 0 Å². The maximum atomic E-state index is 14.1. The smallest absolute Gasteiger partial charge is 0.255 e. The normalized spacial score (nSPS) is 16.3. The van der Waals surface area contributed by atoms with Gasteiger partial charge in [-0.3, -0.25) is 9.59 Å². The van der Waals surface area contributed by atoms with Crippen molar-refractivity contribution in [3.05, 3.63) is 112 Å². The highest BCUT2D eigenvalue weighted by Gasteiger charge is 2.34. The summed E-state index contributed by atoms with van der Waals surface area (Å²) in [6.07, 6.45) is 1.17. The molecule has 3 aliphatic rings. The van der Waals surface area contributed by atoms with Crippen LogP contribution in [-0.2, 0) is 6.42 Å². The quantitative estimate of drug-likeness (QED) is 0.298. The first-order chi connectivity index (χ1) is 20.8. The van der Waals surface area contributed by atoms with Gasteiger partial charge in [0.25, 0.3) is 11.8 Å². The van der Waals surface area contributed by atoms with E-state index in [0.29, 0.717) is 61.1 Å². The number of phenolic OH excluding ortho intramolecular Hbond substituents is 1. The van der Waals surface area contributed by atoms with Crippen LogP contribution >= 0.6 is 0 Å². The van der Waals surface area contributed by atoms with Crippen LogP contribution in [0.5, 0.6) is 28.7 Å². The Balaban J connectivity index is 1.46. The molecule has 0 aromatic heterocycles. The van der Waals surface area contributed by atoms with Crippen LogP contribution in [0, 0.1) is 13.8 Å². The van der Waals surface area contributed by atoms with Crippen LogP contribution in [0.15, 0.2) is 72.8 Å². The number of amides is 2. The standard InChI is InChI=1S/C35H34N2O6/c1-21-5-6-25(17-22(21)2)35(40)37-15-13-23-18-26-8-10-28(23)33(37)24-7-12-31(41-3)32(19-24)42-16-4-14-36-34(39)29-20-27(43-26)9-11-30(29)38/h5-12,17-20,33,38H,4,13-16H2,1-3H3,(H,36,39). The van der Waals surface area contributed by atoms with Gasteiger partial charge in [-0.15, -0.1) is 0 Å². The number of nitrogens with one attached hydrogen (secondary N) is 1. The van der Waals surface area contributed by atoms with E-state index in [4.69, 9.17) is 14.2 Å². The third-order valence-corrected chi connectivity index (χ3v) is 8.17. The average Bonchev–Trinajstić information content (AvgIpc) is 3.01. The summed E-state index contributed by atoms with van der Waals surface area (Å²) in [5.41, 5.74) is 5.96. The zero-order valence-electron chi connectivity index (χ0n) is 24.5. The number of rotatable bonds is 2. The lowest BCUT2D eigenvalue weighted by Gasteiger charge is -2.38. The number of nitrogens with zero attached hydrogens (tertiary/aromatic N) is 1. The topological polar surface area (TPSA) is 97.3 Å². The molecule has 4 aromatic carbocycles. The molecule has 0 radical (unpaired) electrons. The fourth-order valence-electron chi connectivity index (χ4n) is 5.71. The maximum Gasteiger partial charge on any atom is 0.255 e. The minimum absolute atomic E-state index is 0.0353. The number of methoxy groups -OCH3 is 1. The van der Waals surface area contributed by atoms with E-state index in [1.165, 1.54) is 12.1 Å². The van der Waals surface area contributed by atoms with Crippen LogP contribution in [0.1, 0.15) is 61.0 Å². The first kappa shape index (κ1) is 28.2. The van der Waals surface area contributed by atoms with Crippen LogP contribution in [-0.4, -0.2) is 48.6 Å².